The first kappa shape index (κ1) is 14.9. The van der Waals surface area contributed by atoms with Crippen LogP contribution in [-0.4, -0.2) is 16.5 Å². The number of fused-ring (bicyclic) bond motifs is 1. The summed E-state index contributed by atoms with van der Waals surface area (Å²) in [4.78, 5) is 23.5. The molecule has 1 aliphatic rings. The smallest absolute Gasteiger partial charge is 0.408 e. The Labute approximate surface area is 129 Å². The number of aryl methyl sites for hydroxylation is 2. The van der Waals surface area contributed by atoms with Crippen molar-refractivity contribution in [3.63, 3.8) is 0 Å². The maximum absolute atomic E-state index is 12.0. The molecule has 22 heavy (non-hydrogen) atoms. The Kier molecular flexibility index (Phi) is 4.32. The minimum atomic E-state index is -0.359. The fraction of sp³-hybridized carbons (Fsp3) is 0.529. The van der Waals surface area contributed by atoms with Crippen LogP contribution in [0, 0.1) is 0 Å². The lowest BCUT2D eigenvalue weighted by molar-refractivity contribution is -0.121. The zero-order chi connectivity index (χ0) is 15.5. The highest BCUT2D eigenvalue weighted by molar-refractivity contribution is 5.77. The molecule has 1 saturated carbocycles. The van der Waals surface area contributed by atoms with Crippen molar-refractivity contribution in [2.45, 2.75) is 51.0 Å². The van der Waals surface area contributed by atoms with Crippen LogP contribution in [0.25, 0.3) is 11.1 Å². The Hall–Kier alpha value is -2.04. The van der Waals surface area contributed by atoms with Gasteiger partial charge in [0, 0.05) is 19.5 Å². The number of nitrogens with zero attached hydrogens (tertiary/aromatic N) is 1. The third kappa shape index (κ3) is 3.24. The van der Waals surface area contributed by atoms with Gasteiger partial charge in [0.2, 0.25) is 5.91 Å². The number of oxazole rings is 1. The fourth-order valence-electron chi connectivity index (χ4n) is 3.13. The molecule has 1 aliphatic carbocycles. The summed E-state index contributed by atoms with van der Waals surface area (Å²) < 4.78 is 6.59. The van der Waals surface area contributed by atoms with E-state index in [0.29, 0.717) is 24.5 Å². The Morgan fingerprint density at radius 2 is 2.09 bits per heavy atom. The van der Waals surface area contributed by atoms with Crippen molar-refractivity contribution < 1.29 is 9.21 Å². The number of nitrogens with one attached hydrogen (secondary N) is 1. The van der Waals surface area contributed by atoms with Gasteiger partial charge in [0.15, 0.2) is 5.58 Å². The summed E-state index contributed by atoms with van der Waals surface area (Å²) in [7, 11) is 1.69. The average Bonchev–Trinajstić information content (AvgIpc) is 2.81. The van der Waals surface area contributed by atoms with E-state index in [4.69, 9.17) is 4.42 Å². The summed E-state index contributed by atoms with van der Waals surface area (Å²) in [6, 6.07) is 6.00. The predicted octanol–water partition coefficient (Wildman–Crippen LogP) is 2.51. The summed E-state index contributed by atoms with van der Waals surface area (Å²) in [5.41, 5.74) is 2.40. The molecule has 0 aliphatic heterocycles. The van der Waals surface area contributed by atoms with Gasteiger partial charge < -0.3 is 9.73 Å². The SMILES string of the molecule is Cn1c(=O)oc2ccc(CCC(=O)NC3CCCCC3)cc21. The molecule has 0 atom stereocenters. The molecule has 5 nitrogen and oxygen atoms in total. The fourth-order valence-corrected chi connectivity index (χ4v) is 3.13. The van der Waals surface area contributed by atoms with Crippen LogP contribution in [0.3, 0.4) is 0 Å². The van der Waals surface area contributed by atoms with E-state index in [2.05, 4.69) is 5.32 Å². The van der Waals surface area contributed by atoms with Crippen LogP contribution < -0.4 is 11.1 Å². The highest BCUT2D eigenvalue weighted by Gasteiger charge is 2.15. The standard InChI is InChI=1S/C17H22N2O3/c1-19-14-11-12(7-9-15(14)22-17(19)21)8-10-16(20)18-13-5-3-2-4-6-13/h7,9,11,13H,2-6,8,10H2,1H3,(H,18,20). The lowest BCUT2D eigenvalue weighted by Gasteiger charge is -2.22. The number of aromatic nitrogens is 1. The first-order valence-corrected chi connectivity index (χ1v) is 8.01. The highest BCUT2D eigenvalue weighted by atomic mass is 16.4. The number of amides is 1. The number of benzene rings is 1. The second-order valence-corrected chi connectivity index (χ2v) is 6.13. The Balaban J connectivity index is 1.59. The lowest BCUT2D eigenvalue weighted by atomic mass is 9.95. The van der Waals surface area contributed by atoms with Gasteiger partial charge in [-0.3, -0.25) is 9.36 Å². The van der Waals surface area contributed by atoms with Crippen molar-refractivity contribution in [1.82, 2.24) is 9.88 Å². The highest BCUT2D eigenvalue weighted by Crippen LogP contribution is 2.18. The third-order valence-corrected chi connectivity index (χ3v) is 4.47. The molecule has 0 saturated heterocycles. The molecule has 1 aromatic heterocycles. The zero-order valence-corrected chi connectivity index (χ0v) is 12.9. The van der Waals surface area contributed by atoms with Crippen LogP contribution in [-0.2, 0) is 18.3 Å². The predicted molar refractivity (Wildman–Crippen MR) is 84.8 cm³/mol. The molecule has 0 spiro atoms. The quantitative estimate of drug-likeness (QED) is 0.944. The summed E-state index contributed by atoms with van der Waals surface area (Å²) >= 11 is 0. The van der Waals surface area contributed by atoms with Crippen molar-refractivity contribution in [2.24, 2.45) is 7.05 Å². The molecule has 1 heterocycles. The molecule has 5 heteroatoms. The average molecular weight is 302 g/mol. The zero-order valence-electron chi connectivity index (χ0n) is 12.9. The van der Waals surface area contributed by atoms with Crippen molar-refractivity contribution in [2.75, 3.05) is 0 Å². The topological polar surface area (TPSA) is 64.2 Å². The van der Waals surface area contributed by atoms with Crippen molar-refractivity contribution in [3.8, 4) is 0 Å². The molecule has 1 aromatic carbocycles. The normalized spacial score (nSPS) is 16.0. The largest absolute Gasteiger partial charge is 0.419 e. The molecule has 3 rings (SSSR count). The lowest BCUT2D eigenvalue weighted by Crippen LogP contribution is -2.36. The maximum Gasteiger partial charge on any atom is 0.419 e. The minimum absolute atomic E-state index is 0.119. The first-order valence-electron chi connectivity index (χ1n) is 8.01. The number of carbonyl (C=O) groups is 1. The van der Waals surface area contributed by atoms with Gasteiger partial charge in [-0.05, 0) is 37.0 Å². The molecule has 1 amide bonds. The number of hydrogen-bond acceptors (Lipinski definition) is 3. The van der Waals surface area contributed by atoms with Crippen LogP contribution in [0.1, 0.15) is 44.1 Å². The van der Waals surface area contributed by atoms with Crippen LogP contribution in [0.15, 0.2) is 27.4 Å². The Bertz CT molecular complexity index is 723. The first-order chi connectivity index (χ1) is 10.6. The second-order valence-electron chi connectivity index (χ2n) is 6.13. The van der Waals surface area contributed by atoms with E-state index in [1.54, 1.807) is 13.1 Å². The number of rotatable bonds is 4. The van der Waals surface area contributed by atoms with Crippen molar-refractivity contribution in [3.05, 3.63) is 34.3 Å². The van der Waals surface area contributed by atoms with Crippen LogP contribution >= 0.6 is 0 Å². The van der Waals surface area contributed by atoms with E-state index >= 15 is 0 Å². The Morgan fingerprint density at radius 3 is 2.86 bits per heavy atom. The van der Waals surface area contributed by atoms with E-state index < -0.39 is 0 Å². The Morgan fingerprint density at radius 1 is 1.32 bits per heavy atom. The van der Waals surface area contributed by atoms with E-state index in [9.17, 15) is 9.59 Å². The van der Waals surface area contributed by atoms with E-state index in [1.807, 2.05) is 12.1 Å². The van der Waals surface area contributed by atoms with Crippen LogP contribution in [0.2, 0.25) is 0 Å². The van der Waals surface area contributed by atoms with Gasteiger partial charge in [-0.1, -0.05) is 25.3 Å². The molecule has 1 fully saturated rings. The van der Waals surface area contributed by atoms with Gasteiger partial charge in [-0.25, -0.2) is 4.79 Å². The monoisotopic (exact) mass is 302 g/mol. The summed E-state index contributed by atoms with van der Waals surface area (Å²) in [6.45, 7) is 0. The van der Waals surface area contributed by atoms with E-state index in [-0.39, 0.29) is 11.7 Å². The summed E-state index contributed by atoms with van der Waals surface area (Å²) in [6.07, 6.45) is 7.09. The summed E-state index contributed by atoms with van der Waals surface area (Å²) in [5, 5.41) is 3.13. The van der Waals surface area contributed by atoms with Crippen LogP contribution in [0.4, 0.5) is 0 Å². The van der Waals surface area contributed by atoms with Crippen LogP contribution in [0.5, 0.6) is 0 Å². The number of hydrogen-bond donors (Lipinski definition) is 1. The van der Waals surface area contributed by atoms with Gasteiger partial charge in [-0.2, -0.15) is 0 Å². The summed E-state index contributed by atoms with van der Waals surface area (Å²) in [5.74, 6) is -0.240. The third-order valence-electron chi connectivity index (χ3n) is 4.47. The van der Waals surface area contributed by atoms with Gasteiger partial charge >= 0.3 is 5.76 Å². The molecule has 0 unspecified atom stereocenters. The van der Waals surface area contributed by atoms with Gasteiger partial charge in [0.25, 0.3) is 0 Å². The molecule has 1 N–H and O–H groups in total. The molecular formula is C17H22N2O3. The van der Waals surface area contributed by atoms with Gasteiger partial charge in [-0.15, -0.1) is 0 Å². The van der Waals surface area contributed by atoms with E-state index in [1.165, 1.54) is 23.8 Å². The van der Waals surface area contributed by atoms with Crippen molar-refractivity contribution in [1.29, 1.82) is 0 Å². The van der Waals surface area contributed by atoms with Gasteiger partial charge in [0.05, 0.1) is 5.52 Å². The molecule has 0 bridgehead atoms. The second kappa shape index (κ2) is 6.38. The molecule has 0 radical (unpaired) electrons. The van der Waals surface area contributed by atoms with E-state index in [0.717, 1.165) is 23.9 Å². The van der Waals surface area contributed by atoms with Gasteiger partial charge in [0.1, 0.15) is 0 Å². The molecular weight excluding hydrogens is 280 g/mol. The number of carbonyl (C=O) groups excluding carboxylic acids is 1. The molecule has 2 aromatic rings. The maximum atomic E-state index is 12.0. The minimum Gasteiger partial charge on any atom is -0.408 e. The van der Waals surface area contributed by atoms with Crippen molar-refractivity contribution >= 4 is 17.0 Å². The molecule has 118 valence electrons.